The lowest BCUT2D eigenvalue weighted by atomic mass is 9.95. The highest BCUT2D eigenvalue weighted by Crippen LogP contribution is 2.41. The molecule has 0 saturated carbocycles. The monoisotopic (exact) mass is 745 g/mol. The predicted molar refractivity (Wildman–Crippen MR) is 240 cm³/mol. The summed E-state index contributed by atoms with van der Waals surface area (Å²) in [6, 6.07) is 66.1. The Balaban J connectivity index is 1.11. The van der Waals surface area contributed by atoms with E-state index in [1.54, 1.807) is 0 Å². The number of rotatable bonds is 8. The molecule has 0 aliphatic carbocycles. The summed E-state index contributed by atoms with van der Waals surface area (Å²) in [6.45, 7) is 4.24. The molecule has 0 fully saturated rings. The van der Waals surface area contributed by atoms with Crippen molar-refractivity contribution >= 4 is 33.7 Å². The number of pyridine rings is 1. The first-order valence-electron chi connectivity index (χ1n) is 19.6. The number of aryl methyl sites for hydroxylation is 2. The van der Waals surface area contributed by atoms with Crippen LogP contribution >= 0.6 is 0 Å². The van der Waals surface area contributed by atoms with Crippen molar-refractivity contribution in [3.63, 3.8) is 0 Å². The van der Waals surface area contributed by atoms with E-state index >= 15 is 0 Å². The van der Waals surface area contributed by atoms with E-state index in [4.69, 9.17) is 15.0 Å². The molecule has 0 spiro atoms. The number of benzene rings is 7. The van der Waals surface area contributed by atoms with Gasteiger partial charge in [-0.25, -0.2) is 15.0 Å². The molecule has 5 nitrogen and oxygen atoms in total. The molecule has 0 aliphatic heterocycles. The lowest BCUT2D eigenvalue weighted by molar-refractivity contribution is 1.19. The zero-order valence-corrected chi connectivity index (χ0v) is 32.3. The summed E-state index contributed by atoms with van der Waals surface area (Å²) in [5, 5.41) is 0. The van der Waals surface area contributed by atoms with Crippen molar-refractivity contribution < 1.29 is 0 Å². The van der Waals surface area contributed by atoms with Crippen LogP contribution in [0.15, 0.2) is 200 Å². The lowest BCUT2D eigenvalue weighted by Crippen LogP contribution is -2.09. The standard InChI is InChI=1S/C53H39N5/c1-36-16-20-38(21-17-36)46-32-33-47(39-22-18-37(2)19-23-39)53-52(46)55-50(41-11-5-3-6-12-41)51(56-53)42-26-30-45(31-27-42)58(43-13-7-4-8-14-43)44-28-24-40(25-29-44)48-35-57-34-10-9-15-49(57)54-48/h3-35H,1-2H3. The van der Waals surface area contributed by atoms with Gasteiger partial charge in [-0.15, -0.1) is 0 Å². The van der Waals surface area contributed by atoms with Gasteiger partial charge in [-0.05, 0) is 73.5 Å². The first kappa shape index (κ1) is 34.8. The molecule has 0 radical (unpaired) electrons. The van der Waals surface area contributed by atoms with Crippen molar-refractivity contribution in [3.05, 3.63) is 212 Å². The maximum absolute atomic E-state index is 5.59. The van der Waals surface area contributed by atoms with Crippen LogP contribution in [0.25, 0.3) is 72.7 Å². The van der Waals surface area contributed by atoms with Gasteiger partial charge in [0.2, 0.25) is 0 Å². The Morgan fingerprint density at radius 3 is 1.36 bits per heavy atom. The van der Waals surface area contributed by atoms with Crippen LogP contribution in [-0.2, 0) is 0 Å². The highest BCUT2D eigenvalue weighted by Gasteiger charge is 2.20. The third-order valence-corrected chi connectivity index (χ3v) is 10.8. The fourth-order valence-corrected chi connectivity index (χ4v) is 7.71. The zero-order valence-electron chi connectivity index (χ0n) is 32.3. The van der Waals surface area contributed by atoms with Crippen LogP contribution in [-0.4, -0.2) is 19.4 Å². The van der Waals surface area contributed by atoms with Crippen molar-refractivity contribution in [3.8, 4) is 56.0 Å². The smallest absolute Gasteiger partial charge is 0.137 e. The fourth-order valence-electron chi connectivity index (χ4n) is 7.71. The van der Waals surface area contributed by atoms with Gasteiger partial charge in [-0.2, -0.15) is 0 Å². The van der Waals surface area contributed by atoms with E-state index in [-0.39, 0.29) is 0 Å². The number of nitrogens with zero attached hydrogens (tertiary/aromatic N) is 5. The number of para-hydroxylation sites is 1. The first-order valence-corrected chi connectivity index (χ1v) is 19.6. The summed E-state index contributed by atoms with van der Waals surface area (Å²) < 4.78 is 2.05. The first-order chi connectivity index (χ1) is 28.6. The van der Waals surface area contributed by atoms with Gasteiger partial charge in [0.25, 0.3) is 0 Å². The summed E-state index contributed by atoms with van der Waals surface area (Å²) in [7, 11) is 0. The summed E-state index contributed by atoms with van der Waals surface area (Å²) in [6.07, 6.45) is 4.10. The van der Waals surface area contributed by atoms with Crippen molar-refractivity contribution in [2.24, 2.45) is 0 Å². The minimum absolute atomic E-state index is 0.836. The lowest BCUT2D eigenvalue weighted by Gasteiger charge is -2.26. The fraction of sp³-hybridized carbons (Fsp3) is 0.0377. The van der Waals surface area contributed by atoms with Crippen molar-refractivity contribution in [2.45, 2.75) is 13.8 Å². The average Bonchev–Trinajstić information content (AvgIpc) is 3.72. The highest BCUT2D eigenvalue weighted by molar-refractivity contribution is 6.03. The minimum Gasteiger partial charge on any atom is -0.311 e. The number of fused-ring (bicyclic) bond motifs is 2. The van der Waals surface area contributed by atoms with Gasteiger partial charge in [-0.1, -0.05) is 151 Å². The summed E-state index contributed by atoms with van der Waals surface area (Å²) in [5.41, 5.74) is 18.3. The Kier molecular flexibility index (Phi) is 8.88. The second kappa shape index (κ2) is 14.8. The minimum atomic E-state index is 0.836. The van der Waals surface area contributed by atoms with Crippen LogP contribution in [0.2, 0.25) is 0 Å². The number of hydrogen-bond acceptors (Lipinski definition) is 4. The van der Waals surface area contributed by atoms with Crippen LogP contribution in [0.4, 0.5) is 17.1 Å². The van der Waals surface area contributed by atoms with Gasteiger partial charge in [0.05, 0.1) is 28.1 Å². The van der Waals surface area contributed by atoms with E-state index in [0.717, 1.165) is 89.8 Å². The van der Waals surface area contributed by atoms with Crippen molar-refractivity contribution in [1.29, 1.82) is 0 Å². The highest BCUT2D eigenvalue weighted by atomic mass is 15.1. The number of anilines is 3. The van der Waals surface area contributed by atoms with Crippen LogP contribution in [0.3, 0.4) is 0 Å². The molecule has 5 heteroatoms. The molecular formula is C53H39N5. The molecule has 3 heterocycles. The molecule has 276 valence electrons. The maximum atomic E-state index is 5.59. The average molecular weight is 746 g/mol. The molecule has 7 aromatic carbocycles. The number of aromatic nitrogens is 4. The van der Waals surface area contributed by atoms with E-state index in [9.17, 15) is 0 Å². The van der Waals surface area contributed by atoms with Crippen LogP contribution in [0.1, 0.15) is 11.1 Å². The third-order valence-electron chi connectivity index (χ3n) is 10.8. The van der Waals surface area contributed by atoms with Crippen LogP contribution in [0.5, 0.6) is 0 Å². The quantitative estimate of drug-likeness (QED) is 0.155. The molecule has 58 heavy (non-hydrogen) atoms. The topological polar surface area (TPSA) is 46.3 Å². The summed E-state index contributed by atoms with van der Waals surface area (Å²) in [5.74, 6) is 0. The molecular weight excluding hydrogens is 707 g/mol. The normalized spacial score (nSPS) is 11.3. The SMILES string of the molecule is Cc1ccc(-c2ccc(-c3ccc(C)cc3)c3nc(-c4ccc(N(c5ccccc5)c5ccc(-c6cn7ccccc7n6)cc5)cc4)c(-c4ccccc4)nc23)cc1. The van der Waals surface area contributed by atoms with Gasteiger partial charge < -0.3 is 9.30 Å². The third kappa shape index (κ3) is 6.59. The molecule has 10 aromatic rings. The number of hydrogen-bond donors (Lipinski definition) is 0. The van der Waals surface area contributed by atoms with Crippen LogP contribution < -0.4 is 4.90 Å². The van der Waals surface area contributed by atoms with Gasteiger partial charge in [0.15, 0.2) is 0 Å². The molecule has 0 atom stereocenters. The predicted octanol–water partition coefficient (Wildman–Crippen LogP) is 13.7. The van der Waals surface area contributed by atoms with E-state index in [2.05, 4.69) is 193 Å². The molecule has 0 saturated heterocycles. The van der Waals surface area contributed by atoms with E-state index in [1.807, 2.05) is 30.5 Å². The number of imidazole rings is 1. The van der Waals surface area contributed by atoms with E-state index in [0.29, 0.717) is 0 Å². The Hall–Kier alpha value is -7.63. The molecule has 10 rings (SSSR count). The van der Waals surface area contributed by atoms with Gasteiger partial charge >= 0.3 is 0 Å². The Labute approximate surface area is 338 Å². The molecule has 0 amide bonds. The molecule has 0 unspecified atom stereocenters. The summed E-state index contributed by atoms with van der Waals surface area (Å²) in [4.78, 5) is 18.3. The van der Waals surface area contributed by atoms with Crippen molar-refractivity contribution in [1.82, 2.24) is 19.4 Å². The van der Waals surface area contributed by atoms with Gasteiger partial charge in [-0.3, -0.25) is 0 Å². The Bertz CT molecular complexity index is 2990. The molecule has 0 aliphatic rings. The van der Waals surface area contributed by atoms with Crippen molar-refractivity contribution in [2.75, 3.05) is 4.90 Å². The Morgan fingerprint density at radius 1 is 0.379 bits per heavy atom. The van der Waals surface area contributed by atoms with Crippen LogP contribution in [0, 0.1) is 13.8 Å². The molecule has 0 bridgehead atoms. The maximum Gasteiger partial charge on any atom is 0.137 e. The second-order valence-electron chi connectivity index (χ2n) is 14.7. The van der Waals surface area contributed by atoms with E-state index in [1.165, 1.54) is 11.1 Å². The zero-order chi connectivity index (χ0) is 39.0. The second-order valence-corrected chi connectivity index (χ2v) is 14.7. The molecule has 3 aromatic heterocycles. The van der Waals surface area contributed by atoms with E-state index < -0.39 is 0 Å². The Morgan fingerprint density at radius 2 is 0.828 bits per heavy atom. The van der Waals surface area contributed by atoms with Gasteiger partial charge in [0, 0.05) is 57.3 Å². The largest absolute Gasteiger partial charge is 0.311 e. The molecule has 0 N–H and O–H groups in total. The van der Waals surface area contributed by atoms with Gasteiger partial charge in [0.1, 0.15) is 5.65 Å². The summed E-state index contributed by atoms with van der Waals surface area (Å²) >= 11 is 0.